The van der Waals surface area contributed by atoms with Crippen LogP contribution in [0.2, 0.25) is 0 Å². The highest BCUT2D eigenvalue weighted by atomic mass is 16.3. The number of nitrogens with zero attached hydrogens (tertiary/aromatic N) is 2. The lowest BCUT2D eigenvalue weighted by molar-refractivity contribution is -0.145. The molecular weight excluding hydrogens is 280 g/mol. The van der Waals surface area contributed by atoms with Gasteiger partial charge in [0, 0.05) is 26.2 Å². The average Bonchev–Trinajstić information content (AvgIpc) is 2.97. The molecule has 3 atom stereocenters. The quantitative estimate of drug-likeness (QED) is 0.799. The van der Waals surface area contributed by atoms with Gasteiger partial charge in [0.15, 0.2) is 0 Å². The van der Waals surface area contributed by atoms with Gasteiger partial charge >= 0.3 is 0 Å². The molecule has 22 heavy (non-hydrogen) atoms. The van der Waals surface area contributed by atoms with Gasteiger partial charge in [-0.1, -0.05) is 25.5 Å². The molecule has 2 rings (SSSR count). The first kappa shape index (κ1) is 17.0. The number of carbonyl (C=O) groups is 2. The summed E-state index contributed by atoms with van der Waals surface area (Å²) in [5, 5.41) is 9.36. The summed E-state index contributed by atoms with van der Waals surface area (Å²) < 4.78 is 0. The summed E-state index contributed by atoms with van der Waals surface area (Å²) in [6, 6.07) is 0. The van der Waals surface area contributed by atoms with Crippen molar-refractivity contribution in [1.29, 1.82) is 0 Å². The minimum atomic E-state index is -0.966. The molecule has 0 radical (unpaired) electrons. The van der Waals surface area contributed by atoms with Crippen molar-refractivity contribution < 1.29 is 14.7 Å². The molecule has 1 aliphatic carbocycles. The lowest BCUT2D eigenvalue weighted by Gasteiger charge is -2.35. The fourth-order valence-corrected chi connectivity index (χ4v) is 3.43. The van der Waals surface area contributed by atoms with Gasteiger partial charge in [-0.25, -0.2) is 0 Å². The maximum Gasteiger partial charge on any atom is 0.251 e. The normalized spacial score (nSPS) is 28.1. The Kier molecular flexibility index (Phi) is 4.66. The summed E-state index contributed by atoms with van der Waals surface area (Å²) >= 11 is 0. The molecule has 2 fully saturated rings. The van der Waals surface area contributed by atoms with E-state index in [4.69, 9.17) is 0 Å². The van der Waals surface area contributed by atoms with Crippen molar-refractivity contribution in [1.82, 2.24) is 9.80 Å². The monoisotopic (exact) mass is 308 g/mol. The molecule has 1 saturated heterocycles. The predicted molar refractivity (Wildman–Crippen MR) is 85.0 cm³/mol. The third-order valence-corrected chi connectivity index (χ3v) is 4.95. The number of rotatable bonds is 3. The van der Waals surface area contributed by atoms with Crippen molar-refractivity contribution in [3.05, 3.63) is 11.6 Å². The van der Waals surface area contributed by atoms with E-state index in [1.165, 1.54) is 12.5 Å². The molecular formula is C17H28N2O3. The third kappa shape index (κ3) is 3.19. The molecule has 0 spiro atoms. The average molecular weight is 308 g/mol. The van der Waals surface area contributed by atoms with E-state index in [0.29, 0.717) is 32.1 Å². The molecule has 1 N–H and O–H groups in total. The lowest BCUT2D eigenvalue weighted by Crippen LogP contribution is -2.53. The fourth-order valence-electron chi connectivity index (χ4n) is 3.43. The van der Waals surface area contributed by atoms with Gasteiger partial charge in [0.05, 0.1) is 5.92 Å². The van der Waals surface area contributed by atoms with Crippen molar-refractivity contribution in [2.24, 2.45) is 17.3 Å². The van der Waals surface area contributed by atoms with Crippen LogP contribution in [0.15, 0.2) is 11.6 Å². The highest BCUT2D eigenvalue weighted by molar-refractivity contribution is 5.84. The second-order valence-electron chi connectivity index (χ2n) is 7.40. The summed E-state index contributed by atoms with van der Waals surface area (Å²) in [5.74, 6) is 0.335. The summed E-state index contributed by atoms with van der Waals surface area (Å²) in [4.78, 5) is 28.0. The molecule has 5 heteroatoms. The van der Waals surface area contributed by atoms with E-state index in [1.54, 1.807) is 4.90 Å². The number of hydrogen-bond acceptors (Lipinski definition) is 3. The Hall–Kier alpha value is -1.36. The molecule has 0 aromatic rings. The number of piperazine rings is 1. The van der Waals surface area contributed by atoms with E-state index < -0.39 is 6.10 Å². The Morgan fingerprint density at radius 3 is 2.09 bits per heavy atom. The molecule has 5 nitrogen and oxygen atoms in total. The zero-order valence-electron chi connectivity index (χ0n) is 14.3. The zero-order chi connectivity index (χ0) is 16.7. The standard InChI is InChI=1S/C17H28N2O3/c1-11(2)10-13-14(17(13,4)5)16(22)19-8-6-18(7-9-19)15(21)12(3)20/h10,12-14,20H,6-9H2,1-5H3. The minimum Gasteiger partial charge on any atom is -0.384 e. The van der Waals surface area contributed by atoms with E-state index in [1.807, 2.05) is 4.90 Å². The SMILES string of the molecule is CC(C)=CC1C(C(=O)N2CCN(C(=O)C(C)O)CC2)C1(C)C. The van der Waals surface area contributed by atoms with Gasteiger partial charge in [0.2, 0.25) is 5.91 Å². The topological polar surface area (TPSA) is 60.9 Å². The number of amides is 2. The van der Waals surface area contributed by atoms with Crippen LogP contribution in [0.3, 0.4) is 0 Å². The molecule has 0 bridgehead atoms. The largest absolute Gasteiger partial charge is 0.384 e. The van der Waals surface area contributed by atoms with Gasteiger partial charge in [-0.2, -0.15) is 0 Å². The Bertz CT molecular complexity index is 484. The third-order valence-electron chi connectivity index (χ3n) is 4.95. The molecule has 2 aliphatic rings. The number of hydrogen-bond donors (Lipinski definition) is 1. The molecule has 1 saturated carbocycles. The highest BCUT2D eigenvalue weighted by Gasteiger charge is 2.61. The van der Waals surface area contributed by atoms with Gasteiger partial charge in [0.25, 0.3) is 5.91 Å². The van der Waals surface area contributed by atoms with Crippen molar-refractivity contribution in [3.8, 4) is 0 Å². The first-order chi connectivity index (χ1) is 10.2. The van der Waals surface area contributed by atoms with E-state index >= 15 is 0 Å². The number of carbonyl (C=O) groups excluding carboxylic acids is 2. The molecule has 2 amide bonds. The molecule has 3 unspecified atom stereocenters. The number of allylic oxidation sites excluding steroid dienone is 2. The van der Waals surface area contributed by atoms with Crippen molar-refractivity contribution in [2.45, 2.75) is 40.7 Å². The summed E-state index contributed by atoms with van der Waals surface area (Å²) in [7, 11) is 0. The highest BCUT2D eigenvalue weighted by Crippen LogP contribution is 2.60. The smallest absolute Gasteiger partial charge is 0.251 e. The molecule has 1 heterocycles. The lowest BCUT2D eigenvalue weighted by atomic mass is 10.1. The van der Waals surface area contributed by atoms with E-state index in [-0.39, 0.29) is 23.1 Å². The van der Waals surface area contributed by atoms with Gasteiger partial charge in [-0.05, 0) is 32.1 Å². The Morgan fingerprint density at radius 1 is 1.14 bits per heavy atom. The minimum absolute atomic E-state index is 0.0287. The van der Waals surface area contributed by atoms with Crippen LogP contribution in [0.4, 0.5) is 0 Å². The van der Waals surface area contributed by atoms with Crippen LogP contribution in [-0.2, 0) is 9.59 Å². The number of aliphatic hydroxyl groups is 1. The maximum absolute atomic E-state index is 12.7. The van der Waals surface area contributed by atoms with Crippen LogP contribution >= 0.6 is 0 Å². The van der Waals surface area contributed by atoms with Gasteiger partial charge in [-0.15, -0.1) is 0 Å². The summed E-state index contributed by atoms with van der Waals surface area (Å²) in [6.07, 6.45) is 1.24. The van der Waals surface area contributed by atoms with Crippen molar-refractivity contribution >= 4 is 11.8 Å². The van der Waals surface area contributed by atoms with Gasteiger partial charge in [0.1, 0.15) is 6.10 Å². The first-order valence-electron chi connectivity index (χ1n) is 8.07. The van der Waals surface area contributed by atoms with Gasteiger partial charge < -0.3 is 14.9 Å². The van der Waals surface area contributed by atoms with Crippen LogP contribution in [0, 0.1) is 17.3 Å². The van der Waals surface area contributed by atoms with Crippen molar-refractivity contribution in [2.75, 3.05) is 26.2 Å². The van der Waals surface area contributed by atoms with Crippen LogP contribution in [0.25, 0.3) is 0 Å². The van der Waals surface area contributed by atoms with E-state index in [0.717, 1.165) is 0 Å². The Balaban J connectivity index is 1.94. The fraction of sp³-hybridized carbons (Fsp3) is 0.765. The van der Waals surface area contributed by atoms with Gasteiger partial charge in [-0.3, -0.25) is 9.59 Å². The van der Waals surface area contributed by atoms with E-state index in [2.05, 4.69) is 33.8 Å². The molecule has 0 aromatic carbocycles. The van der Waals surface area contributed by atoms with Crippen LogP contribution in [0.1, 0.15) is 34.6 Å². The van der Waals surface area contributed by atoms with Crippen molar-refractivity contribution in [3.63, 3.8) is 0 Å². The Labute approximate surface area is 133 Å². The summed E-state index contributed by atoms with van der Waals surface area (Å²) in [5.41, 5.74) is 1.28. The second kappa shape index (κ2) is 6.03. The first-order valence-corrected chi connectivity index (χ1v) is 8.07. The predicted octanol–water partition coefficient (Wildman–Crippen LogP) is 1.28. The maximum atomic E-state index is 12.7. The second-order valence-corrected chi connectivity index (χ2v) is 7.40. The molecule has 1 aliphatic heterocycles. The number of aliphatic hydroxyl groups excluding tert-OH is 1. The zero-order valence-corrected chi connectivity index (χ0v) is 14.3. The molecule has 0 aromatic heterocycles. The van der Waals surface area contributed by atoms with Crippen LogP contribution in [0.5, 0.6) is 0 Å². The van der Waals surface area contributed by atoms with Crippen LogP contribution < -0.4 is 0 Å². The Morgan fingerprint density at radius 2 is 1.64 bits per heavy atom. The molecule has 124 valence electrons. The van der Waals surface area contributed by atoms with Crippen LogP contribution in [-0.4, -0.2) is 59.0 Å². The summed E-state index contributed by atoms with van der Waals surface area (Å²) in [6.45, 7) is 12.0. The van der Waals surface area contributed by atoms with E-state index in [9.17, 15) is 14.7 Å².